The highest BCUT2D eigenvalue weighted by atomic mass is 32.2. The monoisotopic (exact) mass is 356 g/mol. The fraction of sp³-hybridized carbons (Fsp3) is 0.0455. The largest absolute Gasteiger partial charge is 0.416 e. The molecule has 3 aromatic carbocycles. The number of aromatic nitrogens is 2. The van der Waals surface area contributed by atoms with Gasteiger partial charge in [0.25, 0.3) is 0 Å². The van der Waals surface area contributed by atoms with E-state index in [1.165, 1.54) is 4.90 Å². The molecule has 0 amide bonds. The smallest absolute Gasteiger partial charge is 0.121 e. The van der Waals surface area contributed by atoms with Gasteiger partial charge in [0.15, 0.2) is 0 Å². The van der Waals surface area contributed by atoms with Crippen LogP contribution in [0.25, 0.3) is 32.8 Å². The molecule has 0 unspecified atom stereocenters. The molecule has 2 aromatic heterocycles. The van der Waals surface area contributed by atoms with Gasteiger partial charge in [0.1, 0.15) is 18.1 Å². The topological polar surface area (TPSA) is 27.1 Å². The zero-order valence-corrected chi connectivity index (χ0v) is 15.0. The summed E-state index contributed by atoms with van der Waals surface area (Å²) in [6.07, 6.45) is 0. The van der Waals surface area contributed by atoms with Crippen LogP contribution >= 0.6 is 11.8 Å². The molecule has 0 fully saturated rings. The highest BCUT2D eigenvalue weighted by Gasteiger charge is 2.19. The molecule has 0 aliphatic carbocycles. The van der Waals surface area contributed by atoms with Crippen molar-refractivity contribution < 1.29 is 4.84 Å². The molecule has 0 bridgehead atoms. The molecule has 0 saturated carbocycles. The molecule has 0 atom stereocenters. The maximum Gasteiger partial charge on any atom is 0.121 e. The molecule has 0 radical (unpaired) electrons. The maximum absolute atomic E-state index is 5.77. The van der Waals surface area contributed by atoms with E-state index in [9.17, 15) is 0 Å². The van der Waals surface area contributed by atoms with Gasteiger partial charge in [-0.15, -0.1) is 0 Å². The van der Waals surface area contributed by atoms with Gasteiger partial charge in [-0.2, -0.15) is 4.73 Å². The Morgan fingerprint density at radius 3 is 2.31 bits per heavy atom. The Labute approximate surface area is 155 Å². The first-order chi connectivity index (χ1) is 12.9. The third-order valence-electron chi connectivity index (χ3n) is 4.55. The molecule has 3 nitrogen and oxygen atoms in total. The quantitative estimate of drug-likeness (QED) is 0.424. The summed E-state index contributed by atoms with van der Waals surface area (Å²) in [5.74, 6) is 0. The van der Waals surface area contributed by atoms with Crippen LogP contribution in [0.5, 0.6) is 0 Å². The van der Waals surface area contributed by atoms with Crippen molar-refractivity contribution in [1.82, 2.24) is 9.71 Å². The lowest BCUT2D eigenvalue weighted by atomic mass is 10.2. The number of para-hydroxylation sites is 2. The first kappa shape index (κ1) is 15.3. The highest BCUT2D eigenvalue weighted by molar-refractivity contribution is 7.99. The van der Waals surface area contributed by atoms with E-state index in [1.807, 2.05) is 29.0 Å². The average molecular weight is 356 g/mol. The number of nitrogens with zero attached hydrogens (tertiary/aromatic N) is 2. The number of fused-ring (bicyclic) bond motifs is 4. The summed E-state index contributed by atoms with van der Waals surface area (Å²) >= 11 is 1.75. The predicted octanol–water partition coefficient (Wildman–Crippen LogP) is 5.55. The van der Waals surface area contributed by atoms with E-state index in [0.717, 1.165) is 37.7 Å². The Kier molecular flexibility index (Phi) is 3.57. The minimum atomic E-state index is 0.972. The summed E-state index contributed by atoms with van der Waals surface area (Å²) in [5.41, 5.74) is 4.01. The Hall–Kier alpha value is -2.98. The number of pyridine rings is 1. The minimum Gasteiger partial charge on any atom is -0.416 e. The zero-order chi connectivity index (χ0) is 17.5. The van der Waals surface area contributed by atoms with Gasteiger partial charge in [-0.25, -0.2) is 4.98 Å². The lowest BCUT2D eigenvalue weighted by molar-refractivity contribution is 0.189. The normalized spacial score (nSPS) is 11.4. The van der Waals surface area contributed by atoms with Gasteiger partial charge >= 0.3 is 0 Å². The number of hydrogen-bond acceptors (Lipinski definition) is 3. The molecule has 0 aliphatic rings. The summed E-state index contributed by atoms with van der Waals surface area (Å²) in [6.45, 7) is 0. The molecule has 4 heteroatoms. The van der Waals surface area contributed by atoms with Gasteiger partial charge in [0, 0.05) is 15.7 Å². The summed E-state index contributed by atoms with van der Waals surface area (Å²) in [6, 6.07) is 27.0. The molecule has 26 heavy (non-hydrogen) atoms. The van der Waals surface area contributed by atoms with Gasteiger partial charge in [0.05, 0.1) is 15.9 Å². The lowest BCUT2D eigenvalue weighted by Crippen LogP contribution is -2.05. The summed E-state index contributed by atoms with van der Waals surface area (Å²) < 4.78 is 1.90. The third-order valence-corrected chi connectivity index (χ3v) is 5.67. The standard InChI is InChI=1S/C22H16N2OS/c1-25-24-19-14-8-6-12-17(19)20-21(24)22(26-15-9-3-2-4-10-15)16-11-5-7-13-18(16)23-20/h2-14H,1H3. The number of hydrogen-bond donors (Lipinski definition) is 0. The number of rotatable bonds is 3. The fourth-order valence-electron chi connectivity index (χ4n) is 3.42. The molecular formula is C22H16N2OS. The van der Waals surface area contributed by atoms with E-state index in [1.54, 1.807) is 18.9 Å². The van der Waals surface area contributed by atoms with Crippen LogP contribution in [0.4, 0.5) is 0 Å². The molecule has 0 saturated heterocycles. The van der Waals surface area contributed by atoms with Crippen LogP contribution in [0.15, 0.2) is 88.7 Å². The first-order valence-electron chi connectivity index (χ1n) is 8.46. The summed E-state index contributed by atoms with van der Waals surface area (Å²) in [4.78, 5) is 13.1. The van der Waals surface area contributed by atoms with Crippen LogP contribution in [0.3, 0.4) is 0 Å². The zero-order valence-electron chi connectivity index (χ0n) is 14.2. The van der Waals surface area contributed by atoms with Crippen LogP contribution < -0.4 is 4.84 Å². The van der Waals surface area contributed by atoms with Gasteiger partial charge in [-0.3, -0.25) is 0 Å². The van der Waals surface area contributed by atoms with Gasteiger partial charge < -0.3 is 4.84 Å². The lowest BCUT2D eigenvalue weighted by Gasteiger charge is -2.11. The van der Waals surface area contributed by atoms with E-state index in [4.69, 9.17) is 9.82 Å². The van der Waals surface area contributed by atoms with Crippen molar-refractivity contribution in [1.29, 1.82) is 0 Å². The van der Waals surface area contributed by atoms with Crippen molar-refractivity contribution >= 4 is 44.6 Å². The second-order valence-corrected chi connectivity index (χ2v) is 7.15. The van der Waals surface area contributed by atoms with E-state index < -0.39 is 0 Å². The maximum atomic E-state index is 5.77. The fourth-order valence-corrected chi connectivity index (χ4v) is 4.51. The van der Waals surface area contributed by atoms with Crippen molar-refractivity contribution in [2.24, 2.45) is 0 Å². The van der Waals surface area contributed by atoms with Crippen molar-refractivity contribution in [3.63, 3.8) is 0 Å². The van der Waals surface area contributed by atoms with E-state index in [2.05, 4.69) is 54.6 Å². The number of benzene rings is 3. The summed E-state index contributed by atoms with van der Waals surface area (Å²) in [5, 5.41) is 2.24. The summed E-state index contributed by atoms with van der Waals surface area (Å²) in [7, 11) is 1.71. The van der Waals surface area contributed by atoms with Crippen LogP contribution in [0.2, 0.25) is 0 Å². The Morgan fingerprint density at radius 2 is 1.50 bits per heavy atom. The van der Waals surface area contributed by atoms with Crippen LogP contribution in [-0.2, 0) is 0 Å². The second-order valence-electron chi connectivity index (χ2n) is 6.06. The third kappa shape index (κ3) is 2.26. The van der Waals surface area contributed by atoms with Crippen LogP contribution in [0.1, 0.15) is 0 Å². The molecule has 126 valence electrons. The van der Waals surface area contributed by atoms with Crippen LogP contribution in [-0.4, -0.2) is 16.8 Å². The molecule has 2 heterocycles. The predicted molar refractivity (Wildman–Crippen MR) is 108 cm³/mol. The van der Waals surface area contributed by atoms with Crippen molar-refractivity contribution in [3.05, 3.63) is 78.9 Å². The minimum absolute atomic E-state index is 0.972. The molecule has 0 aliphatic heterocycles. The molecule has 5 aromatic rings. The molecule has 5 rings (SSSR count). The Morgan fingerprint density at radius 1 is 0.808 bits per heavy atom. The van der Waals surface area contributed by atoms with Crippen molar-refractivity contribution in [3.8, 4) is 0 Å². The van der Waals surface area contributed by atoms with E-state index in [0.29, 0.717) is 0 Å². The average Bonchev–Trinajstić information content (AvgIpc) is 3.02. The second kappa shape index (κ2) is 6.07. The molecule has 0 N–H and O–H groups in total. The van der Waals surface area contributed by atoms with Crippen LogP contribution in [0, 0.1) is 0 Å². The first-order valence-corrected chi connectivity index (χ1v) is 9.28. The van der Waals surface area contributed by atoms with E-state index in [-0.39, 0.29) is 0 Å². The van der Waals surface area contributed by atoms with Gasteiger partial charge in [-0.05, 0) is 24.3 Å². The van der Waals surface area contributed by atoms with Gasteiger partial charge in [0.2, 0.25) is 0 Å². The Bertz CT molecular complexity index is 1240. The molecule has 0 spiro atoms. The van der Waals surface area contributed by atoms with Gasteiger partial charge in [-0.1, -0.05) is 66.4 Å². The highest BCUT2D eigenvalue weighted by Crippen LogP contribution is 2.41. The SMILES string of the molecule is COn1c2ccccc2c2nc3ccccc3c(Sc3ccccc3)c21. The Balaban J connectivity index is 1.95. The van der Waals surface area contributed by atoms with E-state index >= 15 is 0 Å². The molecular weight excluding hydrogens is 340 g/mol. The van der Waals surface area contributed by atoms with Crippen molar-refractivity contribution in [2.75, 3.05) is 7.11 Å². The van der Waals surface area contributed by atoms with Crippen molar-refractivity contribution in [2.45, 2.75) is 9.79 Å².